The zero-order valence-corrected chi connectivity index (χ0v) is 10.6. The molecule has 0 aliphatic carbocycles. The first-order chi connectivity index (χ1) is 8.04. The maximum absolute atomic E-state index is 9.02. The van der Waals surface area contributed by atoms with Crippen LogP contribution in [0.2, 0.25) is 0 Å². The topological polar surface area (TPSA) is 69.2 Å². The van der Waals surface area contributed by atoms with E-state index in [9.17, 15) is 0 Å². The van der Waals surface area contributed by atoms with Crippen molar-refractivity contribution in [1.82, 2.24) is 9.88 Å². The largest absolute Gasteiger partial charge is 0.397 e. The molecule has 5 nitrogen and oxygen atoms in total. The van der Waals surface area contributed by atoms with Crippen molar-refractivity contribution in [2.24, 2.45) is 0 Å². The molecule has 0 aromatic carbocycles. The van der Waals surface area contributed by atoms with Gasteiger partial charge in [-0.15, -0.1) is 0 Å². The third kappa shape index (κ3) is 3.93. The molecular weight excluding hydrogens is 214 g/mol. The Balaban J connectivity index is 2.69. The highest BCUT2D eigenvalue weighted by Gasteiger charge is 2.09. The van der Waals surface area contributed by atoms with E-state index in [0.29, 0.717) is 17.1 Å². The van der Waals surface area contributed by atoms with E-state index < -0.39 is 0 Å². The summed E-state index contributed by atoms with van der Waals surface area (Å²) >= 11 is 0. The van der Waals surface area contributed by atoms with Crippen molar-refractivity contribution in [3.05, 3.63) is 17.8 Å². The highest BCUT2D eigenvalue weighted by Crippen LogP contribution is 2.17. The molecule has 0 unspecified atom stereocenters. The van der Waals surface area contributed by atoms with Crippen molar-refractivity contribution in [3.63, 3.8) is 0 Å². The van der Waals surface area contributed by atoms with Crippen molar-refractivity contribution in [2.45, 2.75) is 6.42 Å². The lowest BCUT2D eigenvalue weighted by molar-refractivity contribution is 0.401. The van der Waals surface area contributed by atoms with Crippen LogP contribution in [0.3, 0.4) is 0 Å². The number of nitriles is 1. The van der Waals surface area contributed by atoms with Crippen molar-refractivity contribution in [1.29, 1.82) is 5.26 Å². The lowest BCUT2D eigenvalue weighted by atomic mass is 10.2. The van der Waals surface area contributed by atoms with Gasteiger partial charge in [0.25, 0.3) is 0 Å². The number of nitrogens with zero attached hydrogens (tertiary/aromatic N) is 4. The Hall–Kier alpha value is -1.80. The second-order valence-electron chi connectivity index (χ2n) is 4.33. The molecule has 0 saturated heterocycles. The first-order valence-corrected chi connectivity index (χ1v) is 5.56. The maximum atomic E-state index is 9.02. The average molecular weight is 233 g/mol. The van der Waals surface area contributed by atoms with Crippen LogP contribution in [0.4, 0.5) is 11.5 Å². The molecule has 0 spiro atoms. The Bertz CT molecular complexity index is 408. The van der Waals surface area contributed by atoms with E-state index in [4.69, 9.17) is 11.0 Å². The monoisotopic (exact) mass is 233 g/mol. The number of rotatable bonds is 5. The Morgan fingerprint density at radius 1 is 1.35 bits per heavy atom. The lowest BCUT2D eigenvalue weighted by Crippen LogP contribution is -2.24. The van der Waals surface area contributed by atoms with E-state index in [1.165, 1.54) is 0 Å². The molecule has 0 bridgehead atoms. The molecule has 17 heavy (non-hydrogen) atoms. The highest BCUT2D eigenvalue weighted by molar-refractivity contribution is 5.58. The molecule has 0 radical (unpaired) electrons. The molecule has 0 aliphatic heterocycles. The smallest absolute Gasteiger partial charge is 0.146 e. The van der Waals surface area contributed by atoms with Crippen molar-refractivity contribution in [2.75, 3.05) is 44.9 Å². The molecule has 2 N–H and O–H groups in total. The molecule has 1 rings (SSSR count). The number of nitrogens with two attached hydrogens (primary N) is 1. The van der Waals surface area contributed by atoms with Gasteiger partial charge in [-0.05, 0) is 33.1 Å². The number of hydrogen-bond donors (Lipinski definition) is 1. The Morgan fingerprint density at radius 2 is 2.06 bits per heavy atom. The summed E-state index contributed by atoms with van der Waals surface area (Å²) in [5.41, 5.74) is 6.65. The first-order valence-electron chi connectivity index (χ1n) is 5.56. The predicted molar refractivity (Wildman–Crippen MR) is 69.8 cm³/mol. The molecule has 0 amide bonds. The van der Waals surface area contributed by atoms with E-state index in [1.54, 1.807) is 12.3 Å². The molecule has 1 aromatic rings. The van der Waals surface area contributed by atoms with Gasteiger partial charge >= 0.3 is 0 Å². The van der Waals surface area contributed by atoms with Gasteiger partial charge in [0.15, 0.2) is 0 Å². The second-order valence-corrected chi connectivity index (χ2v) is 4.33. The van der Waals surface area contributed by atoms with Gasteiger partial charge in [0.05, 0.1) is 17.4 Å². The van der Waals surface area contributed by atoms with Crippen LogP contribution in [-0.4, -0.2) is 44.1 Å². The number of nitrogen functional groups attached to an aromatic ring is 1. The summed E-state index contributed by atoms with van der Waals surface area (Å²) in [5.74, 6) is 0.695. The zero-order valence-electron chi connectivity index (χ0n) is 10.6. The SMILES string of the molecule is CN(C)CCCN(C)c1ncc(N)cc1C#N. The standard InChI is InChI=1S/C12H19N5/c1-16(2)5-4-6-17(3)12-10(8-13)7-11(14)9-15-12/h7,9H,4-6,14H2,1-3H3. The van der Waals surface area contributed by atoms with Crippen LogP contribution >= 0.6 is 0 Å². The fraction of sp³-hybridized carbons (Fsp3) is 0.500. The van der Waals surface area contributed by atoms with Gasteiger partial charge in [0.1, 0.15) is 11.9 Å². The maximum Gasteiger partial charge on any atom is 0.146 e. The number of hydrogen-bond acceptors (Lipinski definition) is 5. The summed E-state index contributed by atoms with van der Waals surface area (Å²) < 4.78 is 0. The molecule has 0 saturated carbocycles. The predicted octanol–water partition coefficient (Wildman–Crippen LogP) is 0.923. The van der Waals surface area contributed by atoms with Crippen LogP contribution in [0.5, 0.6) is 0 Å². The summed E-state index contributed by atoms with van der Waals surface area (Å²) in [7, 11) is 6.03. The van der Waals surface area contributed by atoms with E-state index in [2.05, 4.69) is 16.0 Å². The summed E-state index contributed by atoms with van der Waals surface area (Å²) in [5, 5.41) is 9.02. The number of pyridine rings is 1. The molecule has 92 valence electrons. The summed E-state index contributed by atoms with van der Waals surface area (Å²) in [4.78, 5) is 8.33. The molecule has 1 aromatic heterocycles. The fourth-order valence-corrected chi connectivity index (χ4v) is 1.59. The van der Waals surface area contributed by atoms with Crippen LogP contribution in [0.25, 0.3) is 0 Å². The van der Waals surface area contributed by atoms with E-state index in [-0.39, 0.29) is 0 Å². The van der Waals surface area contributed by atoms with Crippen LogP contribution in [-0.2, 0) is 0 Å². The summed E-state index contributed by atoms with van der Waals surface area (Å²) in [6.07, 6.45) is 2.61. The molecule has 1 heterocycles. The lowest BCUT2D eigenvalue weighted by Gasteiger charge is -2.20. The van der Waals surface area contributed by atoms with Crippen LogP contribution in [0.1, 0.15) is 12.0 Å². The minimum atomic E-state index is 0.520. The average Bonchev–Trinajstić information content (AvgIpc) is 2.28. The number of aromatic nitrogens is 1. The van der Waals surface area contributed by atoms with E-state index >= 15 is 0 Å². The Labute approximate surface area is 102 Å². The third-order valence-electron chi connectivity index (χ3n) is 2.47. The first kappa shape index (κ1) is 13.3. The van der Waals surface area contributed by atoms with Gasteiger partial charge in [-0.25, -0.2) is 4.98 Å². The second kappa shape index (κ2) is 6.06. The van der Waals surface area contributed by atoms with Gasteiger partial charge in [-0.3, -0.25) is 0 Å². The van der Waals surface area contributed by atoms with E-state index in [1.807, 2.05) is 26.0 Å². The van der Waals surface area contributed by atoms with Crippen LogP contribution in [0, 0.1) is 11.3 Å². The van der Waals surface area contributed by atoms with Gasteiger partial charge < -0.3 is 15.5 Å². The molecular formula is C12H19N5. The van der Waals surface area contributed by atoms with Crippen LogP contribution < -0.4 is 10.6 Å². The Kier molecular flexibility index (Phi) is 4.73. The summed E-state index contributed by atoms with van der Waals surface area (Å²) in [6.45, 7) is 1.88. The minimum absolute atomic E-state index is 0.520. The quantitative estimate of drug-likeness (QED) is 0.819. The third-order valence-corrected chi connectivity index (χ3v) is 2.47. The number of anilines is 2. The van der Waals surface area contributed by atoms with Gasteiger partial charge in [0, 0.05) is 13.6 Å². The molecule has 0 atom stereocenters. The molecule has 0 fully saturated rings. The zero-order chi connectivity index (χ0) is 12.8. The van der Waals surface area contributed by atoms with Crippen molar-refractivity contribution >= 4 is 11.5 Å². The van der Waals surface area contributed by atoms with Crippen LogP contribution in [0.15, 0.2) is 12.3 Å². The minimum Gasteiger partial charge on any atom is -0.397 e. The van der Waals surface area contributed by atoms with Gasteiger partial charge in [-0.2, -0.15) is 5.26 Å². The van der Waals surface area contributed by atoms with E-state index in [0.717, 1.165) is 19.5 Å². The highest BCUT2D eigenvalue weighted by atomic mass is 15.2. The molecule has 5 heteroatoms. The summed E-state index contributed by atoms with van der Waals surface area (Å²) in [6, 6.07) is 3.78. The Morgan fingerprint density at radius 3 is 2.65 bits per heavy atom. The van der Waals surface area contributed by atoms with Gasteiger partial charge in [0.2, 0.25) is 0 Å². The van der Waals surface area contributed by atoms with Gasteiger partial charge in [-0.1, -0.05) is 0 Å². The normalized spacial score (nSPS) is 10.3. The van der Waals surface area contributed by atoms with Crippen molar-refractivity contribution in [3.8, 4) is 6.07 Å². The molecule has 0 aliphatic rings. The van der Waals surface area contributed by atoms with Crippen molar-refractivity contribution < 1.29 is 0 Å². The fourth-order valence-electron chi connectivity index (χ4n) is 1.59.